The average molecular weight is 204 g/mol. The fourth-order valence-electron chi connectivity index (χ4n) is 1.72. The van der Waals surface area contributed by atoms with Gasteiger partial charge in [-0.25, -0.2) is 0 Å². The van der Waals surface area contributed by atoms with Crippen LogP contribution in [-0.4, -0.2) is 13.5 Å². The van der Waals surface area contributed by atoms with Crippen LogP contribution in [0.3, 0.4) is 0 Å². The Bertz CT molecular complexity index is 234. The number of allylic oxidation sites excluding steroid dienone is 4. The predicted molar refractivity (Wildman–Crippen MR) is 74.0 cm³/mol. The van der Waals surface area contributed by atoms with Crippen molar-refractivity contribution < 1.29 is 0 Å². The van der Waals surface area contributed by atoms with Crippen LogP contribution in [0.1, 0.15) is 53.4 Å². The van der Waals surface area contributed by atoms with Crippen LogP contribution < -0.4 is 0 Å². The van der Waals surface area contributed by atoms with Crippen molar-refractivity contribution in [2.45, 2.75) is 53.4 Å². The van der Waals surface area contributed by atoms with Crippen LogP contribution in [0, 0.1) is 5.41 Å². The summed E-state index contributed by atoms with van der Waals surface area (Å²) < 4.78 is 0. The van der Waals surface area contributed by atoms with Gasteiger partial charge in [0.15, 0.2) is 0 Å². The second kappa shape index (κ2) is 7.67. The topological polar surface area (TPSA) is 0 Å². The molecule has 0 heterocycles. The molecule has 0 fully saturated rings. The molecule has 0 aromatic carbocycles. The van der Waals surface area contributed by atoms with Gasteiger partial charge in [0, 0.05) is 0 Å². The SMILES string of the molecule is B=C/C=C\C(=C/CC)C(C)(C)CCCC. The van der Waals surface area contributed by atoms with Gasteiger partial charge in [0.05, 0.1) is 0 Å². The Morgan fingerprint density at radius 1 is 1.27 bits per heavy atom. The summed E-state index contributed by atoms with van der Waals surface area (Å²) in [6.07, 6.45) is 11.5. The summed E-state index contributed by atoms with van der Waals surface area (Å²) in [6.45, 7) is 9.10. The van der Waals surface area contributed by atoms with Gasteiger partial charge in [0.25, 0.3) is 0 Å². The van der Waals surface area contributed by atoms with E-state index >= 15 is 0 Å². The minimum absolute atomic E-state index is 0.297. The second-order valence-corrected chi connectivity index (χ2v) is 4.65. The van der Waals surface area contributed by atoms with Gasteiger partial charge in [0.1, 0.15) is 0 Å². The van der Waals surface area contributed by atoms with Crippen molar-refractivity contribution in [2.75, 3.05) is 0 Å². The van der Waals surface area contributed by atoms with E-state index in [1.54, 1.807) is 0 Å². The molecule has 0 N–H and O–H groups in total. The molecule has 0 aromatic heterocycles. The van der Waals surface area contributed by atoms with Crippen molar-refractivity contribution in [3.63, 3.8) is 0 Å². The molecule has 0 saturated carbocycles. The van der Waals surface area contributed by atoms with E-state index in [0.29, 0.717) is 5.41 Å². The van der Waals surface area contributed by atoms with E-state index in [2.05, 4.69) is 47.3 Å². The summed E-state index contributed by atoms with van der Waals surface area (Å²) in [5.74, 6) is 1.85. The third-order valence-corrected chi connectivity index (χ3v) is 2.77. The first kappa shape index (κ1) is 14.4. The van der Waals surface area contributed by atoms with Gasteiger partial charge in [-0.3, -0.25) is 0 Å². The quantitative estimate of drug-likeness (QED) is 0.437. The first-order valence-corrected chi connectivity index (χ1v) is 6.08. The van der Waals surface area contributed by atoms with Crippen LogP contribution in [0.4, 0.5) is 0 Å². The van der Waals surface area contributed by atoms with Gasteiger partial charge >= 0.3 is 96.0 Å². The molecule has 0 atom stereocenters. The summed E-state index contributed by atoms with van der Waals surface area (Å²) >= 11 is 0. The molecule has 0 unspecified atom stereocenters. The standard InChI is InChI=1S/C14H25B/c1-5-7-11-14(3,4)13(9-6-2)10-8-12-15/h8-10,12,15H,5-7,11H2,1-4H3/b10-8-,13-9+. The summed E-state index contributed by atoms with van der Waals surface area (Å²) in [6, 6.07) is 0. The average Bonchev–Trinajstić information content (AvgIpc) is 2.21. The number of unbranched alkanes of at least 4 members (excludes halogenated alkanes) is 1. The molecule has 0 aliphatic carbocycles. The zero-order valence-electron chi connectivity index (χ0n) is 10.8. The number of rotatable bonds is 7. The van der Waals surface area contributed by atoms with Gasteiger partial charge in [0.2, 0.25) is 0 Å². The monoisotopic (exact) mass is 204 g/mol. The molecule has 0 aromatic rings. The minimum atomic E-state index is 0.297. The third kappa shape index (κ3) is 5.76. The van der Waals surface area contributed by atoms with Gasteiger partial charge in [-0.05, 0) is 0 Å². The number of hydrogen-bond acceptors (Lipinski definition) is 0. The molecule has 84 valence electrons. The van der Waals surface area contributed by atoms with Crippen molar-refractivity contribution in [1.82, 2.24) is 0 Å². The maximum atomic E-state index is 3.72. The fraction of sp³-hybridized carbons (Fsp3) is 0.643. The Morgan fingerprint density at radius 3 is 2.40 bits per heavy atom. The Hall–Kier alpha value is -0.585. The Balaban J connectivity index is 4.65. The summed E-state index contributed by atoms with van der Waals surface area (Å²) in [5.41, 5.74) is 1.74. The van der Waals surface area contributed by atoms with Crippen LogP contribution in [0.15, 0.2) is 23.8 Å². The van der Waals surface area contributed by atoms with Crippen molar-refractivity contribution in [3.05, 3.63) is 23.8 Å². The van der Waals surface area contributed by atoms with Crippen LogP contribution >= 0.6 is 0 Å². The molecule has 0 aliphatic heterocycles. The zero-order valence-corrected chi connectivity index (χ0v) is 10.8. The molecular formula is C14H25B. The third-order valence-electron chi connectivity index (χ3n) is 2.77. The molecule has 0 aliphatic rings. The van der Waals surface area contributed by atoms with Gasteiger partial charge in [-0.1, -0.05) is 0 Å². The van der Waals surface area contributed by atoms with E-state index < -0.39 is 0 Å². The summed E-state index contributed by atoms with van der Waals surface area (Å²) in [4.78, 5) is 0. The van der Waals surface area contributed by atoms with Crippen molar-refractivity contribution >= 4 is 13.5 Å². The summed E-state index contributed by atoms with van der Waals surface area (Å²) in [7, 11) is 3.72. The first-order chi connectivity index (χ1) is 7.08. The normalized spacial score (nSPS) is 13.4. The molecule has 0 rings (SSSR count). The molecule has 0 saturated heterocycles. The van der Waals surface area contributed by atoms with Gasteiger partial charge < -0.3 is 0 Å². The van der Waals surface area contributed by atoms with Crippen molar-refractivity contribution in [1.29, 1.82) is 0 Å². The van der Waals surface area contributed by atoms with E-state index in [-0.39, 0.29) is 0 Å². The van der Waals surface area contributed by atoms with Crippen LogP contribution in [0.2, 0.25) is 0 Å². The van der Waals surface area contributed by atoms with Crippen LogP contribution in [-0.2, 0) is 0 Å². The molecule has 0 bridgehead atoms. The van der Waals surface area contributed by atoms with Gasteiger partial charge in [-0.15, -0.1) is 0 Å². The van der Waals surface area contributed by atoms with Crippen LogP contribution in [0.5, 0.6) is 0 Å². The molecule has 0 nitrogen and oxygen atoms in total. The van der Waals surface area contributed by atoms with Crippen LogP contribution in [0.25, 0.3) is 0 Å². The second-order valence-electron chi connectivity index (χ2n) is 4.65. The summed E-state index contributed by atoms with van der Waals surface area (Å²) in [5, 5.41) is 0. The predicted octanol–water partition coefficient (Wildman–Crippen LogP) is 3.80. The molecule has 0 radical (unpaired) electrons. The first-order valence-electron chi connectivity index (χ1n) is 6.08. The van der Waals surface area contributed by atoms with E-state index in [0.717, 1.165) is 6.42 Å². The number of hydrogen-bond donors (Lipinski definition) is 0. The molecule has 15 heavy (non-hydrogen) atoms. The van der Waals surface area contributed by atoms with Gasteiger partial charge in [-0.2, -0.15) is 0 Å². The Kier molecular flexibility index (Phi) is 7.37. The Labute approximate surface area is 96.5 Å². The molecule has 1 heteroatoms. The maximum absolute atomic E-state index is 3.72. The van der Waals surface area contributed by atoms with E-state index in [9.17, 15) is 0 Å². The zero-order chi connectivity index (χ0) is 11.7. The van der Waals surface area contributed by atoms with Crippen molar-refractivity contribution in [2.24, 2.45) is 5.41 Å². The molecule has 0 spiro atoms. The van der Waals surface area contributed by atoms with Crippen molar-refractivity contribution in [3.8, 4) is 0 Å². The van der Waals surface area contributed by atoms with E-state index in [1.165, 1.54) is 24.8 Å². The Morgan fingerprint density at radius 2 is 1.93 bits per heavy atom. The van der Waals surface area contributed by atoms with E-state index in [4.69, 9.17) is 0 Å². The fourth-order valence-corrected chi connectivity index (χ4v) is 1.72. The molecular weight excluding hydrogens is 179 g/mol. The van der Waals surface area contributed by atoms with E-state index in [1.807, 2.05) is 12.0 Å². The molecule has 0 amide bonds.